The Bertz CT molecular complexity index is 1210. The maximum atomic E-state index is 13.2. The Morgan fingerprint density at radius 3 is 2.50 bits per heavy atom. The molecule has 1 aliphatic rings. The van der Waals surface area contributed by atoms with E-state index in [4.69, 9.17) is 9.97 Å². The normalized spacial score (nSPS) is 14.9. The molecular formula is C23H21N3OS. The van der Waals surface area contributed by atoms with Crippen LogP contribution >= 0.6 is 11.8 Å². The third kappa shape index (κ3) is 3.20. The summed E-state index contributed by atoms with van der Waals surface area (Å²) in [7, 11) is 0. The van der Waals surface area contributed by atoms with Crippen LogP contribution in [0.5, 0.6) is 0 Å². The highest BCUT2D eigenvalue weighted by Crippen LogP contribution is 2.33. The minimum atomic E-state index is 0.0893. The number of rotatable bonds is 4. The van der Waals surface area contributed by atoms with E-state index in [0.717, 1.165) is 40.1 Å². The van der Waals surface area contributed by atoms with Crippen molar-refractivity contribution in [1.29, 1.82) is 0 Å². The number of hydrogen-bond acceptors (Lipinski definition) is 4. The summed E-state index contributed by atoms with van der Waals surface area (Å²) in [6.07, 6.45) is 4.48. The summed E-state index contributed by atoms with van der Waals surface area (Å²) in [6.45, 7) is 0. The lowest BCUT2D eigenvalue weighted by molar-refractivity contribution is 0.457. The van der Waals surface area contributed by atoms with E-state index >= 15 is 0 Å². The van der Waals surface area contributed by atoms with Crippen molar-refractivity contribution in [3.63, 3.8) is 0 Å². The van der Waals surface area contributed by atoms with Crippen LogP contribution in [0.3, 0.4) is 0 Å². The molecule has 2 aromatic heterocycles. The molecule has 0 bridgehead atoms. The number of hydrogen-bond donors (Lipinski definition) is 0. The van der Waals surface area contributed by atoms with Crippen LogP contribution in [0.1, 0.15) is 37.4 Å². The Morgan fingerprint density at radius 1 is 0.893 bits per heavy atom. The van der Waals surface area contributed by atoms with Crippen molar-refractivity contribution >= 4 is 33.6 Å². The highest BCUT2D eigenvalue weighted by atomic mass is 32.2. The van der Waals surface area contributed by atoms with E-state index in [0.29, 0.717) is 11.1 Å². The molecule has 1 aliphatic carbocycles. The number of benzene rings is 2. The molecule has 0 atom stereocenters. The van der Waals surface area contributed by atoms with Crippen LogP contribution in [0, 0.1) is 0 Å². The molecule has 2 heterocycles. The number of pyridine rings is 1. The van der Waals surface area contributed by atoms with E-state index in [1.807, 2.05) is 47.0 Å². The molecule has 0 saturated heterocycles. The van der Waals surface area contributed by atoms with Crippen molar-refractivity contribution in [3.8, 4) is 0 Å². The second kappa shape index (κ2) is 7.40. The fourth-order valence-corrected chi connectivity index (χ4v) is 5.01. The molecule has 4 aromatic rings. The molecule has 4 nitrogen and oxygen atoms in total. The lowest BCUT2D eigenvalue weighted by Gasteiger charge is -2.18. The Labute approximate surface area is 167 Å². The Hall–Kier alpha value is -2.66. The minimum absolute atomic E-state index is 0.0893. The fourth-order valence-electron chi connectivity index (χ4n) is 4.04. The molecule has 1 saturated carbocycles. The summed E-state index contributed by atoms with van der Waals surface area (Å²) < 4.78 is 1.95. The number of para-hydroxylation sites is 2. The molecule has 2 aromatic carbocycles. The quantitative estimate of drug-likeness (QED) is 0.350. The second-order valence-corrected chi connectivity index (χ2v) is 8.25. The van der Waals surface area contributed by atoms with Gasteiger partial charge in [0.2, 0.25) is 0 Å². The zero-order chi connectivity index (χ0) is 18.9. The summed E-state index contributed by atoms with van der Waals surface area (Å²) in [5.74, 6) is 0.697. The van der Waals surface area contributed by atoms with Crippen molar-refractivity contribution in [2.45, 2.75) is 42.6 Å². The van der Waals surface area contributed by atoms with E-state index < -0.39 is 0 Å². The van der Waals surface area contributed by atoms with Crippen LogP contribution in [-0.4, -0.2) is 14.5 Å². The highest BCUT2D eigenvalue weighted by Gasteiger charge is 2.23. The predicted molar refractivity (Wildman–Crippen MR) is 115 cm³/mol. The molecule has 5 heteroatoms. The van der Waals surface area contributed by atoms with Gasteiger partial charge in [0, 0.05) is 17.2 Å². The Balaban J connectivity index is 1.53. The van der Waals surface area contributed by atoms with E-state index in [1.54, 1.807) is 11.8 Å². The van der Waals surface area contributed by atoms with E-state index in [1.165, 1.54) is 12.8 Å². The van der Waals surface area contributed by atoms with Gasteiger partial charge in [-0.1, -0.05) is 61.0 Å². The molecule has 0 spiro atoms. The van der Waals surface area contributed by atoms with E-state index in [2.05, 4.69) is 18.2 Å². The topological polar surface area (TPSA) is 47.8 Å². The summed E-state index contributed by atoms with van der Waals surface area (Å²) in [4.78, 5) is 22.8. The van der Waals surface area contributed by atoms with Crippen LogP contribution in [-0.2, 0) is 5.75 Å². The minimum Gasteiger partial charge on any atom is -0.284 e. The van der Waals surface area contributed by atoms with Gasteiger partial charge in [0.05, 0.1) is 22.1 Å². The molecule has 0 amide bonds. The SMILES string of the molecule is O=c1c2ccccc2nc(SCc2ccc3ccccc3n2)n1C1CCCC1. The largest absolute Gasteiger partial charge is 0.284 e. The predicted octanol–water partition coefficient (Wildman–Crippen LogP) is 5.35. The van der Waals surface area contributed by atoms with Crippen molar-refractivity contribution in [3.05, 3.63) is 76.7 Å². The monoisotopic (exact) mass is 387 g/mol. The highest BCUT2D eigenvalue weighted by molar-refractivity contribution is 7.98. The number of nitrogens with zero attached hydrogens (tertiary/aromatic N) is 3. The standard InChI is InChI=1S/C23H21N3OS/c27-22-19-10-4-6-12-21(19)25-23(26(22)18-8-2-3-9-18)28-15-17-14-13-16-7-1-5-11-20(16)24-17/h1,4-7,10-14,18H,2-3,8-9,15H2. The summed E-state index contributed by atoms with van der Waals surface area (Å²) >= 11 is 1.61. The molecule has 1 fully saturated rings. The van der Waals surface area contributed by atoms with Crippen LogP contribution < -0.4 is 5.56 Å². The molecule has 0 unspecified atom stereocenters. The zero-order valence-electron chi connectivity index (χ0n) is 15.5. The van der Waals surface area contributed by atoms with Gasteiger partial charge >= 0.3 is 0 Å². The van der Waals surface area contributed by atoms with E-state index in [9.17, 15) is 4.79 Å². The fraction of sp³-hybridized carbons (Fsp3) is 0.261. The van der Waals surface area contributed by atoms with Crippen molar-refractivity contribution in [2.75, 3.05) is 0 Å². The first-order chi connectivity index (χ1) is 13.8. The van der Waals surface area contributed by atoms with Crippen LogP contribution in [0.25, 0.3) is 21.8 Å². The first-order valence-corrected chi connectivity index (χ1v) is 10.8. The smallest absolute Gasteiger partial charge is 0.262 e. The van der Waals surface area contributed by atoms with Gasteiger partial charge < -0.3 is 0 Å². The molecule has 0 aliphatic heterocycles. The van der Waals surface area contributed by atoms with Gasteiger partial charge in [-0.15, -0.1) is 0 Å². The Kier molecular flexibility index (Phi) is 4.61. The lowest BCUT2D eigenvalue weighted by atomic mass is 10.2. The molecule has 5 rings (SSSR count). The molecule has 140 valence electrons. The maximum Gasteiger partial charge on any atom is 0.262 e. The lowest BCUT2D eigenvalue weighted by Crippen LogP contribution is -2.26. The van der Waals surface area contributed by atoms with Crippen LogP contribution in [0.15, 0.2) is 70.6 Å². The van der Waals surface area contributed by atoms with Crippen LogP contribution in [0.4, 0.5) is 0 Å². The summed E-state index contributed by atoms with van der Waals surface area (Å²) in [5, 5.41) is 2.66. The van der Waals surface area contributed by atoms with Gasteiger partial charge in [0.1, 0.15) is 0 Å². The van der Waals surface area contributed by atoms with Crippen molar-refractivity contribution < 1.29 is 0 Å². The van der Waals surface area contributed by atoms with Gasteiger partial charge in [0.25, 0.3) is 5.56 Å². The van der Waals surface area contributed by atoms with Crippen molar-refractivity contribution in [1.82, 2.24) is 14.5 Å². The van der Waals surface area contributed by atoms with E-state index in [-0.39, 0.29) is 11.6 Å². The average molecular weight is 388 g/mol. The first-order valence-electron chi connectivity index (χ1n) is 9.78. The molecule has 28 heavy (non-hydrogen) atoms. The van der Waals surface area contributed by atoms with Gasteiger partial charge in [-0.2, -0.15) is 0 Å². The van der Waals surface area contributed by atoms with Gasteiger partial charge in [-0.3, -0.25) is 14.3 Å². The molecule has 0 radical (unpaired) electrons. The summed E-state index contributed by atoms with van der Waals surface area (Å²) in [6, 6.07) is 20.2. The molecular weight excluding hydrogens is 366 g/mol. The Morgan fingerprint density at radius 2 is 1.64 bits per heavy atom. The first kappa shape index (κ1) is 17.4. The van der Waals surface area contributed by atoms with Gasteiger partial charge in [-0.25, -0.2) is 4.98 Å². The molecule has 0 N–H and O–H groups in total. The third-order valence-electron chi connectivity index (χ3n) is 5.47. The number of fused-ring (bicyclic) bond motifs is 2. The average Bonchev–Trinajstić information content (AvgIpc) is 3.26. The van der Waals surface area contributed by atoms with Crippen molar-refractivity contribution in [2.24, 2.45) is 0 Å². The van der Waals surface area contributed by atoms with Gasteiger partial charge in [0.15, 0.2) is 5.16 Å². The zero-order valence-corrected chi connectivity index (χ0v) is 16.4. The van der Waals surface area contributed by atoms with Gasteiger partial charge in [-0.05, 0) is 37.1 Å². The maximum absolute atomic E-state index is 13.2. The number of thioether (sulfide) groups is 1. The number of aromatic nitrogens is 3. The third-order valence-corrected chi connectivity index (χ3v) is 6.46. The summed E-state index contributed by atoms with van der Waals surface area (Å²) in [5.41, 5.74) is 2.87. The second-order valence-electron chi connectivity index (χ2n) is 7.31. The van der Waals surface area contributed by atoms with Crippen LogP contribution in [0.2, 0.25) is 0 Å².